The molecule has 0 atom stereocenters. The Morgan fingerprint density at radius 3 is 2.84 bits per heavy atom. The molecule has 0 amide bonds. The van der Waals surface area contributed by atoms with Crippen LogP contribution in [0.3, 0.4) is 0 Å². The Kier molecular flexibility index (Phi) is 8.10. The van der Waals surface area contributed by atoms with Crippen molar-refractivity contribution in [1.82, 2.24) is 5.32 Å². The zero-order valence-electron chi connectivity index (χ0n) is 12.2. The maximum atomic E-state index is 5.05. The van der Waals surface area contributed by atoms with E-state index >= 15 is 0 Å². The molecule has 0 radical (unpaired) electrons. The van der Waals surface area contributed by atoms with E-state index < -0.39 is 0 Å². The number of halogens is 1. The van der Waals surface area contributed by atoms with E-state index in [-0.39, 0.29) is 0 Å². The van der Waals surface area contributed by atoms with Crippen molar-refractivity contribution in [3.63, 3.8) is 0 Å². The van der Waals surface area contributed by atoms with Crippen LogP contribution in [0.4, 0.5) is 5.69 Å². The molecule has 0 aliphatic heterocycles. The molecule has 1 aromatic carbocycles. The van der Waals surface area contributed by atoms with E-state index in [0.717, 1.165) is 30.7 Å². The summed E-state index contributed by atoms with van der Waals surface area (Å²) < 4.78 is 6.18. The molecular formula is C15H25BrN2O. The van der Waals surface area contributed by atoms with Gasteiger partial charge in [0.2, 0.25) is 0 Å². The van der Waals surface area contributed by atoms with Gasteiger partial charge in [-0.1, -0.05) is 35.3 Å². The Balaban J connectivity index is 2.67. The SMILES string of the molecule is CCCCN(C)c1cc(Br)ccc1CNCCOC. The minimum atomic E-state index is 0.748. The van der Waals surface area contributed by atoms with Crippen molar-refractivity contribution in [1.29, 1.82) is 0 Å². The van der Waals surface area contributed by atoms with Gasteiger partial charge in [-0.2, -0.15) is 0 Å². The molecule has 0 aliphatic rings. The van der Waals surface area contributed by atoms with E-state index in [9.17, 15) is 0 Å². The van der Waals surface area contributed by atoms with Crippen molar-refractivity contribution < 1.29 is 4.74 Å². The highest BCUT2D eigenvalue weighted by Gasteiger charge is 2.07. The lowest BCUT2D eigenvalue weighted by atomic mass is 10.1. The van der Waals surface area contributed by atoms with Crippen molar-refractivity contribution in [3.8, 4) is 0 Å². The fraction of sp³-hybridized carbons (Fsp3) is 0.600. The van der Waals surface area contributed by atoms with Crippen LogP contribution in [0.2, 0.25) is 0 Å². The van der Waals surface area contributed by atoms with E-state index in [1.54, 1.807) is 7.11 Å². The van der Waals surface area contributed by atoms with Crippen LogP contribution in [0, 0.1) is 0 Å². The number of methoxy groups -OCH3 is 1. The lowest BCUT2D eigenvalue weighted by Gasteiger charge is -2.23. The normalized spacial score (nSPS) is 10.7. The van der Waals surface area contributed by atoms with Gasteiger partial charge >= 0.3 is 0 Å². The molecule has 4 heteroatoms. The van der Waals surface area contributed by atoms with Crippen LogP contribution in [-0.2, 0) is 11.3 Å². The molecule has 0 saturated heterocycles. The fourth-order valence-electron chi connectivity index (χ4n) is 1.95. The molecule has 1 N–H and O–H groups in total. The second-order valence-corrected chi connectivity index (χ2v) is 5.63. The molecule has 0 aromatic heterocycles. The first-order valence-electron chi connectivity index (χ1n) is 6.88. The summed E-state index contributed by atoms with van der Waals surface area (Å²) in [5.41, 5.74) is 2.63. The minimum absolute atomic E-state index is 0.748. The molecule has 1 rings (SSSR count). The van der Waals surface area contributed by atoms with E-state index in [0.29, 0.717) is 0 Å². The van der Waals surface area contributed by atoms with Crippen molar-refractivity contribution in [2.45, 2.75) is 26.3 Å². The number of ether oxygens (including phenoxy) is 1. The summed E-state index contributed by atoms with van der Waals surface area (Å²) in [5.74, 6) is 0. The maximum absolute atomic E-state index is 5.05. The number of nitrogens with zero attached hydrogens (tertiary/aromatic N) is 1. The third-order valence-electron chi connectivity index (χ3n) is 3.10. The molecule has 0 unspecified atom stereocenters. The van der Waals surface area contributed by atoms with Crippen LogP contribution >= 0.6 is 15.9 Å². The average Bonchev–Trinajstić information content (AvgIpc) is 2.42. The molecule has 19 heavy (non-hydrogen) atoms. The number of rotatable bonds is 9. The third kappa shape index (κ3) is 5.93. The highest BCUT2D eigenvalue weighted by atomic mass is 79.9. The van der Waals surface area contributed by atoms with Gasteiger partial charge in [-0.05, 0) is 24.1 Å². The van der Waals surface area contributed by atoms with Crippen LogP contribution in [0.5, 0.6) is 0 Å². The van der Waals surface area contributed by atoms with Gasteiger partial charge in [-0.25, -0.2) is 0 Å². The number of hydrogen-bond donors (Lipinski definition) is 1. The van der Waals surface area contributed by atoms with Crippen LogP contribution in [0.25, 0.3) is 0 Å². The number of unbranched alkanes of at least 4 members (excludes halogenated alkanes) is 1. The summed E-state index contributed by atoms with van der Waals surface area (Å²) in [7, 11) is 3.89. The molecule has 0 aliphatic carbocycles. The van der Waals surface area contributed by atoms with Crippen molar-refractivity contribution >= 4 is 21.6 Å². The molecule has 0 heterocycles. The first-order valence-corrected chi connectivity index (χ1v) is 7.67. The number of anilines is 1. The summed E-state index contributed by atoms with van der Waals surface area (Å²) in [6.45, 7) is 5.82. The minimum Gasteiger partial charge on any atom is -0.383 e. The predicted molar refractivity (Wildman–Crippen MR) is 85.9 cm³/mol. The molecule has 0 saturated carbocycles. The first-order chi connectivity index (χ1) is 9.19. The zero-order valence-corrected chi connectivity index (χ0v) is 13.8. The van der Waals surface area contributed by atoms with Crippen LogP contribution in [-0.4, -0.2) is 33.9 Å². The Bertz CT molecular complexity index is 371. The van der Waals surface area contributed by atoms with E-state index in [4.69, 9.17) is 4.74 Å². The van der Waals surface area contributed by atoms with Crippen molar-refractivity contribution in [3.05, 3.63) is 28.2 Å². The number of benzene rings is 1. The zero-order chi connectivity index (χ0) is 14.1. The van der Waals surface area contributed by atoms with Gasteiger partial charge in [0.15, 0.2) is 0 Å². The monoisotopic (exact) mass is 328 g/mol. The van der Waals surface area contributed by atoms with Crippen LogP contribution in [0.15, 0.2) is 22.7 Å². The standard InChI is InChI=1S/C15H25BrN2O/c1-4-5-9-18(2)15-11-14(16)7-6-13(15)12-17-8-10-19-3/h6-7,11,17H,4-5,8-10,12H2,1-3H3. The number of nitrogens with one attached hydrogen (secondary N) is 1. The Morgan fingerprint density at radius 2 is 2.16 bits per heavy atom. The molecule has 0 bridgehead atoms. The van der Waals surface area contributed by atoms with E-state index in [2.05, 4.69) is 58.3 Å². The Hall–Kier alpha value is -0.580. The molecular weight excluding hydrogens is 304 g/mol. The van der Waals surface area contributed by atoms with Gasteiger partial charge in [0, 0.05) is 44.0 Å². The van der Waals surface area contributed by atoms with E-state index in [1.165, 1.54) is 24.1 Å². The highest BCUT2D eigenvalue weighted by Crippen LogP contribution is 2.24. The molecule has 0 spiro atoms. The van der Waals surface area contributed by atoms with Gasteiger partial charge in [-0.15, -0.1) is 0 Å². The highest BCUT2D eigenvalue weighted by molar-refractivity contribution is 9.10. The molecule has 1 aromatic rings. The van der Waals surface area contributed by atoms with E-state index in [1.807, 2.05) is 0 Å². The second-order valence-electron chi connectivity index (χ2n) is 4.72. The maximum Gasteiger partial charge on any atom is 0.0587 e. The Labute approximate surface area is 125 Å². The molecule has 108 valence electrons. The van der Waals surface area contributed by atoms with Gasteiger partial charge in [0.1, 0.15) is 0 Å². The summed E-state index contributed by atoms with van der Waals surface area (Å²) in [5, 5.41) is 3.41. The lowest BCUT2D eigenvalue weighted by molar-refractivity contribution is 0.199. The first kappa shape index (κ1) is 16.5. The topological polar surface area (TPSA) is 24.5 Å². The predicted octanol–water partition coefficient (Wildman–Crippen LogP) is 3.42. The quantitative estimate of drug-likeness (QED) is 0.703. The van der Waals surface area contributed by atoms with Crippen LogP contribution in [0.1, 0.15) is 25.3 Å². The summed E-state index contributed by atoms with van der Waals surface area (Å²) >= 11 is 3.56. The fourth-order valence-corrected chi connectivity index (χ4v) is 2.30. The van der Waals surface area contributed by atoms with Gasteiger partial charge in [0.05, 0.1) is 6.61 Å². The van der Waals surface area contributed by atoms with Crippen molar-refractivity contribution in [2.75, 3.05) is 38.8 Å². The smallest absolute Gasteiger partial charge is 0.0587 e. The Morgan fingerprint density at radius 1 is 1.37 bits per heavy atom. The largest absolute Gasteiger partial charge is 0.383 e. The van der Waals surface area contributed by atoms with Gasteiger partial charge in [-0.3, -0.25) is 0 Å². The van der Waals surface area contributed by atoms with Crippen molar-refractivity contribution in [2.24, 2.45) is 0 Å². The third-order valence-corrected chi connectivity index (χ3v) is 3.60. The summed E-state index contributed by atoms with van der Waals surface area (Å²) in [4.78, 5) is 2.33. The number of hydrogen-bond acceptors (Lipinski definition) is 3. The van der Waals surface area contributed by atoms with Gasteiger partial charge < -0.3 is 15.0 Å². The second kappa shape index (κ2) is 9.34. The average molecular weight is 329 g/mol. The lowest BCUT2D eigenvalue weighted by Crippen LogP contribution is -2.23. The summed E-state index contributed by atoms with van der Waals surface area (Å²) in [6, 6.07) is 6.48. The molecule has 3 nitrogen and oxygen atoms in total. The molecule has 0 fully saturated rings. The summed E-state index contributed by atoms with van der Waals surface area (Å²) in [6.07, 6.45) is 2.44. The van der Waals surface area contributed by atoms with Crippen LogP contribution < -0.4 is 10.2 Å². The van der Waals surface area contributed by atoms with Gasteiger partial charge in [0.25, 0.3) is 0 Å².